The third kappa shape index (κ3) is 1.95. The predicted molar refractivity (Wildman–Crippen MR) is 38.8 cm³/mol. The first-order chi connectivity index (χ1) is 5.00. The molecule has 62 valence electrons. The maximum atomic E-state index is 10.8. The summed E-state index contributed by atoms with van der Waals surface area (Å²) in [5, 5.41) is 9.35. The molecule has 1 heterocycles. The molecule has 2 N–H and O–H groups in total. The smallest absolute Gasteiger partial charge is 0.177 e. The molecule has 1 rings (SSSR count). The van der Waals surface area contributed by atoms with Crippen LogP contribution in [0.5, 0.6) is 0 Å². The molecule has 0 bridgehead atoms. The van der Waals surface area contributed by atoms with Gasteiger partial charge >= 0.3 is 0 Å². The first-order valence-electron chi connectivity index (χ1n) is 2.83. The summed E-state index contributed by atoms with van der Waals surface area (Å²) < 4.78 is 21.7. The summed E-state index contributed by atoms with van der Waals surface area (Å²) in [6.07, 6.45) is 4.84. The molecule has 0 aromatic heterocycles. The fourth-order valence-corrected chi connectivity index (χ4v) is 1.22. The monoisotopic (exact) mass is 176 g/mol. The summed E-state index contributed by atoms with van der Waals surface area (Å²) in [4.78, 5) is 0.0683. The van der Waals surface area contributed by atoms with Crippen LogP contribution in [0.3, 0.4) is 0 Å². The van der Waals surface area contributed by atoms with Crippen molar-refractivity contribution < 1.29 is 13.6 Å². The topological polar surface area (TPSA) is 69.6 Å². The van der Waals surface area contributed by atoms with Crippen LogP contribution >= 0.6 is 0 Å². The van der Waals surface area contributed by atoms with Crippen molar-refractivity contribution in [1.29, 1.82) is 0 Å². The number of rotatable bonds is 1. The van der Waals surface area contributed by atoms with Crippen LogP contribution in [0, 0.1) is 0 Å². The fourth-order valence-electron chi connectivity index (χ4n) is 0.616. The Bertz CT molecular complexity index is 304. The van der Waals surface area contributed by atoms with Crippen molar-refractivity contribution in [2.24, 2.45) is 0 Å². The highest BCUT2D eigenvalue weighted by Crippen LogP contribution is 2.08. The van der Waals surface area contributed by atoms with E-state index in [1.165, 1.54) is 12.3 Å². The molecule has 0 aromatic rings. The van der Waals surface area contributed by atoms with Gasteiger partial charge in [-0.15, -0.1) is 0 Å². The molecule has 0 atom stereocenters. The number of hydroxylamine groups is 1. The van der Waals surface area contributed by atoms with Gasteiger partial charge in [-0.05, 0) is 6.08 Å². The van der Waals surface area contributed by atoms with Crippen LogP contribution < -0.4 is 5.43 Å². The van der Waals surface area contributed by atoms with Crippen LogP contribution in [0.25, 0.3) is 0 Å². The van der Waals surface area contributed by atoms with E-state index in [1.54, 1.807) is 0 Å². The van der Waals surface area contributed by atoms with E-state index in [9.17, 15) is 8.42 Å². The minimum absolute atomic E-state index is 0.0683. The normalized spacial score (nSPS) is 17.6. The predicted octanol–water partition coefficient (Wildman–Crippen LogP) is -0.405. The quantitative estimate of drug-likeness (QED) is 0.568. The second-order valence-corrected chi connectivity index (χ2v) is 4.13. The molecule has 6 heteroatoms. The molecular weight excluding hydrogens is 168 g/mol. The largest absolute Gasteiger partial charge is 0.282 e. The van der Waals surface area contributed by atoms with Crippen LogP contribution in [0.15, 0.2) is 23.4 Å². The number of hydrogen-bond donors (Lipinski definition) is 2. The Labute approximate surface area is 64.5 Å². The van der Waals surface area contributed by atoms with E-state index in [2.05, 4.69) is 5.43 Å². The zero-order valence-corrected chi connectivity index (χ0v) is 6.67. The van der Waals surface area contributed by atoms with Crippen LogP contribution in [-0.2, 0) is 9.84 Å². The second-order valence-electron chi connectivity index (χ2n) is 2.11. The van der Waals surface area contributed by atoms with E-state index in [-0.39, 0.29) is 4.91 Å². The van der Waals surface area contributed by atoms with Gasteiger partial charge in [-0.3, -0.25) is 10.6 Å². The van der Waals surface area contributed by atoms with Gasteiger partial charge in [-0.25, -0.2) is 8.42 Å². The molecule has 0 saturated heterocycles. The van der Waals surface area contributed by atoms with Gasteiger partial charge in [0.1, 0.15) is 0 Å². The third-order valence-electron chi connectivity index (χ3n) is 1.13. The van der Waals surface area contributed by atoms with Crippen molar-refractivity contribution in [3.8, 4) is 0 Å². The van der Waals surface area contributed by atoms with Crippen molar-refractivity contribution in [1.82, 2.24) is 10.6 Å². The highest BCUT2D eigenvalue weighted by molar-refractivity contribution is 7.94. The van der Waals surface area contributed by atoms with Crippen molar-refractivity contribution in [2.75, 3.05) is 6.26 Å². The molecule has 0 unspecified atom stereocenters. The Balaban J connectivity index is 2.98. The third-order valence-corrected chi connectivity index (χ3v) is 2.23. The Kier molecular flexibility index (Phi) is 1.88. The minimum atomic E-state index is -3.23. The first kappa shape index (κ1) is 8.09. The molecule has 11 heavy (non-hydrogen) atoms. The lowest BCUT2D eigenvalue weighted by molar-refractivity contribution is -0.0762. The summed E-state index contributed by atoms with van der Waals surface area (Å²) in [5.41, 5.74) is 2.35. The van der Waals surface area contributed by atoms with E-state index in [0.717, 1.165) is 12.5 Å². The van der Waals surface area contributed by atoms with E-state index in [0.29, 0.717) is 5.17 Å². The average molecular weight is 176 g/mol. The van der Waals surface area contributed by atoms with Gasteiger partial charge in [0.25, 0.3) is 0 Å². The average Bonchev–Trinajstić information content (AvgIpc) is 1.86. The van der Waals surface area contributed by atoms with Gasteiger partial charge in [0.2, 0.25) is 0 Å². The lowest BCUT2D eigenvalue weighted by Crippen LogP contribution is -2.28. The molecule has 1 aliphatic heterocycles. The number of sulfone groups is 1. The number of hydrazine groups is 1. The van der Waals surface area contributed by atoms with Gasteiger partial charge in [0.15, 0.2) is 9.84 Å². The summed E-state index contributed by atoms with van der Waals surface area (Å²) in [6.45, 7) is 0. The molecule has 0 saturated carbocycles. The van der Waals surface area contributed by atoms with Crippen LogP contribution in [0.1, 0.15) is 0 Å². The van der Waals surface area contributed by atoms with Crippen molar-refractivity contribution in [3.05, 3.63) is 23.4 Å². The van der Waals surface area contributed by atoms with Crippen molar-refractivity contribution >= 4 is 9.84 Å². The molecule has 0 spiro atoms. The zero-order chi connectivity index (χ0) is 8.48. The minimum Gasteiger partial charge on any atom is -0.282 e. The van der Waals surface area contributed by atoms with Crippen molar-refractivity contribution in [3.63, 3.8) is 0 Å². The maximum absolute atomic E-state index is 10.8. The van der Waals surface area contributed by atoms with Crippen LogP contribution in [-0.4, -0.2) is 25.1 Å². The summed E-state index contributed by atoms with van der Waals surface area (Å²) in [5.74, 6) is 0. The van der Waals surface area contributed by atoms with Gasteiger partial charge in [-0.2, -0.15) is 5.17 Å². The van der Waals surface area contributed by atoms with Gasteiger partial charge < -0.3 is 0 Å². The van der Waals surface area contributed by atoms with Crippen LogP contribution in [0.4, 0.5) is 0 Å². The fraction of sp³-hybridized carbons (Fsp3) is 0.200. The first-order valence-corrected chi connectivity index (χ1v) is 4.72. The number of allylic oxidation sites excluding steroid dienone is 1. The molecule has 0 aliphatic carbocycles. The van der Waals surface area contributed by atoms with Gasteiger partial charge in [-0.1, -0.05) is 0 Å². The second kappa shape index (κ2) is 2.55. The standard InChI is InChI=1S/C5H8N2O3S/c1-11(9,10)5-2-3-6-7(8)4-5/h2-4,6,8H,1H3. The SMILES string of the molecule is CS(=O)(=O)C1=CN(O)NC=C1. The molecule has 0 fully saturated rings. The van der Waals surface area contributed by atoms with E-state index in [1.807, 2.05) is 0 Å². The molecule has 0 aromatic carbocycles. The van der Waals surface area contributed by atoms with E-state index < -0.39 is 9.84 Å². The summed E-state index contributed by atoms with van der Waals surface area (Å²) >= 11 is 0. The van der Waals surface area contributed by atoms with Gasteiger partial charge in [0, 0.05) is 12.5 Å². The van der Waals surface area contributed by atoms with E-state index in [4.69, 9.17) is 5.21 Å². The van der Waals surface area contributed by atoms with Crippen molar-refractivity contribution in [2.45, 2.75) is 0 Å². The number of hydrogen-bond acceptors (Lipinski definition) is 5. The lowest BCUT2D eigenvalue weighted by atomic mass is 10.5. The van der Waals surface area contributed by atoms with Crippen LogP contribution in [0.2, 0.25) is 0 Å². The number of nitrogens with one attached hydrogen (secondary N) is 1. The highest BCUT2D eigenvalue weighted by atomic mass is 32.2. The zero-order valence-electron chi connectivity index (χ0n) is 5.85. The molecule has 0 radical (unpaired) electrons. The summed E-state index contributed by atoms with van der Waals surface area (Å²) in [6, 6.07) is 0. The Morgan fingerprint density at radius 2 is 2.27 bits per heavy atom. The molecular formula is C5H8N2O3S. The molecule has 0 amide bonds. The number of nitrogens with zero attached hydrogens (tertiary/aromatic N) is 1. The lowest BCUT2D eigenvalue weighted by Gasteiger charge is -2.15. The molecule has 5 nitrogen and oxygen atoms in total. The van der Waals surface area contributed by atoms with E-state index >= 15 is 0 Å². The maximum Gasteiger partial charge on any atom is 0.177 e. The Morgan fingerprint density at radius 1 is 1.64 bits per heavy atom. The highest BCUT2D eigenvalue weighted by Gasteiger charge is 2.11. The Hall–Kier alpha value is -1.01. The summed E-state index contributed by atoms with van der Waals surface area (Å²) in [7, 11) is -3.23. The molecule has 1 aliphatic rings. The van der Waals surface area contributed by atoms with Gasteiger partial charge in [0.05, 0.1) is 11.1 Å². The Morgan fingerprint density at radius 3 is 2.64 bits per heavy atom.